The average molecular weight is 371 g/mol. The highest BCUT2D eigenvalue weighted by atomic mass is 35.5. The minimum absolute atomic E-state index is 0.247. The van der Waals surface area contributed by atoms with Crippen LogP contribution in [0.4, 0.5) is 0 Å². The Morgan fingerprint density at radius 3 is 2.50 bits per heavy atom. The second-order valence-corrected chi connectivity index (χ2v) is 6.05. The third-order valence-electron chi connectivity index (χ3n) is 3.23. The zero-order valence-corrected chi connectivity index (χ0v) is 14.6. The van der Waals surface area contributed by atoms with Crippen LogP contribution in [0.15, 0.2) is 18.2 Å². The van der Waals surface area contributed by atoms with Crippen LogP contribution in [0.1, 0.15) is 37.1 Å². The first kappa shape index (κ1) is 18.2. The smallest absolute Gasteiger partial charge is 0.325 e. The van der Waals surface area contributed by atoms with Gasteiger partial charge in [-0.25, -0.2) is 9.67 Å². The number of amides is 1. The number of nitrogens with zero attached hydrogens (tertiary/aromatic N) is 3. The molecule has 1 aromatic heterocycles. The zero-order valence-electron chi connectivity index (χ0n) is 13.1. The molecule has 24 heavy (non-hydrogen) atoms. The van der Waals surface area contributed by atoms with Crippen molar-refractivity contribution in [2.24, 2.45) is 0 Å². The molecular weight excluding hydrogens is 355 g/mol. The fourth-order valence-electron chi connectivity index (χ4n) is 2.27. The number of carbonyl (C=O) groups excluding carboxylic acids is 1. The second kappa shape index (κ2) is 7.63. The summed E-state index contributed by atoms with van der Waals surface area (Å²) in [5.41, 5.74) is 0.659. The van der Waals surface area contributed by atoms with Crippen molar-refractivity contribution in [2.45, 2.75) is 32.9 Å². The van der Waals surface area contributed by atoms with Gasteiger partial charge in [0.15, 0.2) is 5.82 Å². The van der Waals surface area contributed by atoms with Crippen molar-refractivity contribution >= 4 is 35.1 Å². The molecule has 0 aliphatic heterocycles. The molecule has 1 amide bonds. The molecule has 0 bridgehead atoms. The van der Waals surface area contributed by atoms with Crippen LogP contribution in [0.5, 0.6) is 0 Å². The summed E-state index contributed by atoms with van der Waals surface area (Å²) in [6.07, 6.45) is 0.255. The maximum absolute atomic E-state index is 11.2. The van der Waals surface area contributed by atoms with Crippen LogP contribution in [-0.2, 0) is 22.6 Å². The lowest BCUT2D eigenvalue weighted by atomic mass is 10.1. The van der Waals surface area contributed by atoms with E-state index in [0.717, 1.165) is 0 Å². The van der Waals surface area contributed by atoms with Gasteiger partial charge >= 0.3 is 5.97 Å². The Kier molecular flexibility index (Phi) is 5.80. The Hall–Kier alpha value is -2.12. The molecule has 0 aliphatic rings. The lowest BCUT2D eigenvalue weighted by Crippen LogP contribution is -2.27. The van der Waals surface area contributed by atoms with E-state index in [9.17, 15) is 9.59 Å². The fraction of sp³-hybridized carbons (Fsp3) is 0.333. The molecule has 0 unspecified atom stereocenters. The van der Waals surface area contributed by atoms with E-state index in [4.69, 9.17) is 28.3 Å². The van der Waals surface area contributed by atoms with Crippen LogP contribution >= 0.6 is 23.2 Å². The Morgan fingerprint density at radius 2 is 1.96 bits per heavy atom. The zero-order chi connectivity index (χ0) is 17.9. The third-order valence-corrected chi connectivity index (χ3v) is 3.94. The van der Waals surface area contributed by atoms with Crippen molar-refractivity contribution in [3.8, 4) is 0 Å². The maximum atomic E-state index is 11.2. The van der Waals surface area contributed by atoms with Crippen LogP contribution in [0, 0.1) is 0 Å². The van der Waals surface area contributed by atoms with Gasteiger partial charge in [0, 0.05) is 23.4 Å². The Balaban J connectivity index is 2.36. The first-order chi connectivity index (χ1) is 11.3. The van der Waals surface area contributed by atoms with Crippen molar-refractivity contribution < 1.29 is 14.7 Å². The summed E-state index contributed by atoms with van der Waals surface area (Å²) >= 11 is 12.3. The quantitative estimate of drug-likeness (QED) is 0.813. The van der Waals surface area contributed by atoms with Gasteiger partial charge < -0.3 is 10.4 Å². The van der Waals surface area contributed by atoms with E-state index < -0.39 is 12.0 Å². The van der Waals surface area contributed by atoms with Gasteiger partial charge in [0.05, 0.1) is 6.04 Å². The molecule has 7 nitrogen and oxygen atoms in total. The molecule has 0 aliphatic carbocycles. The molecule has 1 aromatic carbocycles. The molecule has 9 heteroatoms. The number of halogens is 2. The molecule has 0 radical (unpaired) electrons. The molecule has 2 rings (SSSR count). The molecule has 0 saturated heterocycles. The highest BCUT2D eigenvalue weighted by Gasteiger charge is 2.20. The number of rotatable bonds is 6. The summed E-state index contributed by atoms with van der Waals surface area (Å²) in [4.78, 5) is 26.6. The highest BCUT2D eigenvalue weighted by Crippen LogP contribution is 2.26. The van der Waals surface area contributed by atoms with Gasteiger partial charge in [-0.2, -0.15) is 5.10 Å². The number of hydrogen-bond donors (Lipinski definition) is 2. The van der Waals surface area contributed by atoms with Gasteiger partial charge in [0.1, 0.15) is 12.4 Å². The molecule has 0 spiro atoms. The molecule has 0 saturated carbocycles. The highest BCUT2D eigenvalue weighted by molar-refractivity contribution is 6.36. The van der Waals surface area contributed by atoms with Gasteiger partial charge in [-0.15, -0.1) is 0 Å². The second-order valence-electron chi connectivity index (χ2n) is 5.24. The van der Waals surface area contributed by atoms with E-state index in [2.05, 4.69) is 15.4 Å². The summed E-state index contributed by atoms with van der Waals surface area (Å²) in [6.45, 7) is 2.72. The van der Waals surface area contributed by atoms with Crippen molar-refractivity contribution in [1.29, 1.82) is 0 Å². The fourth-order valence-corrected chi connectivity index (χ4v) is 2.80. The van der Waals surface area contributed by atoms with Crippen molar-refractivity contribution in [3.63, 3.8) is 0 Å². The number of nitrogens with one attached hydrogen (secondary N) is 1. The van der Waals surface area contributed by atoms with Gasteiger partial charge in [0.25, 0.3) is 0 Å². The van der Waals surface area contributed by atoms with E-state index >= 15 is 0 Å². The van der Waals surface area contributed by atoms with Crippen molar-refractivity contribution in [3.05, 3.63) is 45.5 Å². The van der Waals surface area contributed by atoms with E-state index in [-0.39, 0.29) is 18.9 Å². The average Bonchev–Trinajstić information content (AvgIpc) is 2.84. The van der Waals surface area contributed by atoms with Crippen LogP contribution in [-0.4, -0.2) is 31.7 Å². The topological polar surface area (TPSA) is 97.1 Å². The summed E-state index contributed by atoms with van der Waals surface area (Å²) < 4.78 is 1.25. The molecule has 128 valence electrons. The van der Waals surface area contributed by atoms with Gasteiger partial charge in [-0.1, -0.05) is 29.3 Å². The summed E-state index contributed by atoms with van der Waals surface area (Å²) in [5.74, 6) is -0.578. The third kappa shape index (κ3) is 4.46. The molecule has 1 atom stereocenters. The van der Waals surface area contributed by atoms with Crippen LogP contribution in [0.2, 0.25) is 10.0 Å². The Labute approximate surface area is 148 Å². The van der Waals surface area contributed by atoms with Crippen LogP contribution < -0.4 is 5.32 Å². The van der Waals surface area contributed by atoms with Crippen LogP contribution in [0.3, 0.4) is 0 Å². The lowest BCUT2D eigenvalue weighted by Gasteiger charge is -2.11. The SMILES string of the molecule is CC(=O)N[C@@H](C)c1nc(Cc2c(Cl)cccc2Cl)nn1CC(=O)O. The normalized spacial score (nSPS) is 12.0. The van der Waals surface area contributed by atoms with Crippen molar-refractivity contribution in [2.75, 3.05) is 0 Å². The summed E-state index contributed by atoms with van der Waals surface area (Å²) in [5, 5.41) is 16.9. The molecular formula is C15H16Cl2N4O3. The number of aromatic nitrogens is 3. The first-order valence-corrected chi connectivity index (χ1v) is 7.89. The first-order valence-electron chi connectivity index (χ1n) is 7.13. The van der Waals surface area contributed by atoms with Gasteiger partial charge in [-0.05, 0) is 24.6 Å². The van der Waals surface area contributed by atoms with E-state index in [1.165, 1.54) is 11.6 Å². The largest absolute Gasteiger partial charge is 0.480 e. The number of carboxylic acids is 1. The molecule has 2 aromatic rings. The summed E-state index contributed by atoms with van der Waals surface area (Å²) in [6, 6.07) is 4.66. The minimum Gasteiger partial charge on any atom is -0.480 e. The number of carbonyl (C=O) groups is 2. The Bertz CT molecular complexity index is 756. The number of aliphatic carboxylic acids is 1. The number of hydrogen-bond acceptors (Lipinski definition) is 4. The van der Waals surface area contributed by atoms with E-state index in [1.54, 1.807) is 25.1 Å². The van der Waals surface area contributed by atoms with Gasteiger partial charge in [-0.3, -0.25) is 9.59 Å². The molecule has 2 N–H and O–H groups in total. The van der Waals surface area contributed by atoms with Crippen molar-refractivity contribution in [1.82, 2.24) is 20.1 Å². The molecule has 1 heterocycles. The molecule has 0 fully saturated rings. The number of carboxylic acid groups (broad SMARTS) is 1. The Morgan fingerprint density at radius 1 is 1.33 bits per heavy atom. The van der Waals surface area contributed by atoms with Gasteiger partial charge in [0.2, 0.25) is 5.91 Å². The minimum atomic E-state index is -1.06. The monoisotopic (exact) mass is 370 g/mol. The predicted molar refractivity (Wildman–Crippen MR) is 89.2 cm³/mol. The standard InChI is InChI=1S/C15H16Cl2N4O3/c1-8(18-9(2)22)15-19-13(20-21(15)7-14(23)24)6-10-11(16)4-3-5-12(10)17/h3-5,8H,6-7H2,1-2H3,(H,18,22)(H,23,24)/t8-/m0/s1. The van der Waals surface area contributed by atoms with Crippen LogP contribution in [0.25, 0.3) is 0 Å². The van der Waals surface area contributed by atoms with E-state index in [0.29, 0.717) is 27.3 Å². The maximum Gasteiger partial charge on any atom is 0.325 e. The number of benzene rings is 1. The summed E-state index contributed by atoms with van der Waals surface area (Å²) in [7, 11) is 0. The predicted octanol–water partition coefficient (Wildman–Crippen LogP) is 2.46. The lowest BCUT2D eigenvalue weighted by molar-refractivity contribution is -0.138. The van der Waals surface area contributed by atoms with E-state index in [1.807, 2.05) is 0 Å².